The Morgan fingerprint density at radius 2 is 1.73 bits per heavy atom. The average molecular weight is 458 g/mol. The number of anilines is 2. The van der Waals surface area contributed by atoms with E-state index in [1.807, 2.05) is 54.3 Å². The van der Waals surface area contributed by atoms with E-state index in [2.05, 4.69) is 20.2 Å². The monoisotopic (exact) mass is 457 g/mol. The van der Waals surface area contributed by atoms with Gasteiger partial charge in [0.2, 0.25) is 0 Å². The third kappa shape index (κ3) is 4.42. The highest BCUT2D eigenvalue weighted by Gasteiger charge is 2.24. The van der Waals surface area contributed by atoms with E-state index in [0.29, 0.717) is 29.9 Å². The van der Waals surface area contributed by atoms with E-state index in [1.165, 1.54) is 0 Å². The molecule has 0 unspecified atom stereocenters. The minimum atomic E-state index is -0.192. The SMILES string of the molecule is Cc1ccc(C(=O)N2CCN(c3nc4cccnc4s3)CC2)cc1NC(=O)c1ccccc1. The molecule has 1 N–H and O–H groups in total. The van der Waals surface area contributed by atoms with Crippen LogP contribution in [0.15, 0.2) is 66.9 Å². The number of aryl methyl sites for hydroxylation is 1. The third-order valence-electron chi connectivity index (χ3n) is 5.76. The number of rotatable bonds is 4. The zero-order chi connectivity index (χ0) is 22.8. The molecule has 3 heterocycles. The van der Waals surface area contributed by atoms with Gasteiger partial charge in [0.1, 0.15) is 10.3 Å². The molecule has 166 valence electrons. The first-order chi connectivity index (χ1) is 16.1. The first-order valence-corrected chi connectivity index (χ1v) is 11.6. The van der Waals surface area contributed by atoms with Gasteiger partial charge in [0.15, 0.2) is 5.13 Å². The smallest absolute Gasteiger partial charge is 0.255 e. The summed E-state index contributed by atoms with van der Waals surface area (Å²) in [5, 5.41) is 3.88. The van der Waals surface area contributed by atoms with E-state index in [9.17, 15) is 9.59 Å². The van der Waals surface area contributed by atoms with Crippen LogP contribution in [0.25, 0.3) is 10.3 Å². The predicted molar refractivity (Wildman–Crippen MR) is 131 cm³/mol. The fraction of sp³-hybridized carbons (Fsp3) is 0.200. The van der Waals surface area contributed by atoms with Crippen LogP contribution in [0.2, 0.25) is 0 Å². The molecule has 0 spiro atoms. The molecule has 1 fully saturated rings. The molecule has 5 rings (SSSR count). The highest BCUT2D eigenvalue weighted by molar-refractivity contribution is 7.21. The van der Waals surface area contributed by atoms with Gasteiger partial charge in [-0.2, -0.15) is 0 Å². The maximum Gasteiger partial charge on any atom is 0.255 e. The number of piperazine rings is 1. The number of hydrogen-bond acceptors (Lipinski definition) is 6. The van der Waals surface area contributed by atoms with Crippen molar-refractivity contribution in [1.29, 1.82) is 0 Å². The molecule has 2 amide bonds. The molecule has 0 bridgehead atoms. The second-order valence-corrected chi connectivity index (χ2v) is 8.91. The highest BCUT2D eigenvalue weighted by atomic mass is 32.1. The summed E-state index contributed by atoms with van der Waals surface area (Å²) in [7, 11) is 0. The van der Waals surface area contributed by atoms with Crippen molar-refractivity contribution in [2.24, 2.45) is 0 Å². The predicted octanol–water partition coefficient (Wildman–Crippen LogP) is 4.21. The largest absolute Gasteiger partial charge is 0.344 e. The number of carbonyl (C=O) groups is 2. The van der Waals surface area contributed by atoms with Crippen molar-refractivity contribution in [2.75, 3.05) is 36.4 Å². The Labute approximate surface area is 195 Å². The summed E-state index contributed by atoms with van der Waals surface area (Å²) in [5.41, 5.74) is 3.61. The first-order valence-electron chi connectivity index (χ1n) is 10.8. The number of benzene rings is 2. The average Bonchev–Trinajstić information content (AvgIpc) is 3.30. The summed E-state index contributed by atoms with van der Waals surface area (Å²) in [4.78, 5) is 39.8. The second-order valence-electron chi connectivity index (χ2n) is 7.95. The molecule has 0 radical (unpaired) electrons. The van der Waals surface area contributed by atoms with E-state index >= 15 is 0 Å². The summed E-state index contributed by atoms with van der Waals surface area (Å²) in [6, 6.07) is 18.4. The van der Waals surface area contributed by atoms with Crippen molar-refractivity contribution in [3.8, 4) is 0 Å². The van der Waals surface area contributed by atoms with Crippen LogP contribution in [-0.4, -0.2) is 52.9 Å². The molecule has 0 aliphatic carbocycles. The summed E-state index contributed by atoms with van der Waals surface area (Å²) in [6.45, 7) is 4.58. The zero-order valence-electron chi connectivity index (χ0n) is 18.2. The second kappa shape index (κ2) is 8.99. The van der Waals surface area contributed by atoms with Crippen molar-refractivity contribution < 1.29 is 9.59 Å². The Hall–Kier alpha value is -3.78. The van der Waals surface area contributed by atoms with Gasteiger partial charge in [0.25, 0.3) is 11.8 Å². The van der Waals surface area contributed by atoms with Crippen molar-refractivity contribution in [3.63, 3.8) is 0 Å². The van der Waals surface area contributed by atoms with Gasteiger partial charge in [-0.1, -0.05) is 35.6 Å². The number of fused-ring (bicyclic) bond motifs is 1. The minimum Gasteiger partial charge on any atom is -0.344 e. The summed E-state index contributed by atoms with van der Waals surface area (Å²) in [6.07, 6.45) is 1.78. The molecule has 1 aliphatic heterocycles. The number of pyridine rings is 1. The number of aromatic nitrogens is 2. The van der Waals surface area contributed by atoms with Crippen LogP contribution in [0.3, 0.4) is 0 Å². The van der Waals surface area contributed by atoms with Gasteiger partial charge in [-0.05, 0) is 48.9 Å². The van der Waals surface area contributed by atoms with Gasteiger partial charge < -0.3 is 15.1 Å². The van der Waals surface area contributed by atoms with Crippen LogP contribution in [0, 0.1) is 6.92 Å². The van der Waals surface area contributed by atoms with Gasteiger partial charge in [-0.25, -0.2) is 9.97 Å². The molecule has 1 aliphatic rings. The van der Waals surface area contributed by atoms with Crippen LogP contribution >= 0.6 is 11.3 Å². The molecule has 8 heteroatoms. The van der Waals surface area contributed by atoms with Gasteiger partial charge in [-0.3, -0.25) is 9.59 Å². The lowest BCUT2D eigenvalue weighted by Gasteiger charge is -2.34. The molecule has 2 aromatic carbocycles. The lowest BCUT2D eigenvalue weighted by Crippen LogP contribution is -2.48. The van der Waals surface area contributed by atoms with Crippen molar-refractivity contribution in [2.45, 2.75) is 6.92 Å². The fourth-order valence-electron chi connectivity index (χ4n) is 3.85. The molecule has 0 saturated carbocycles. The van der Waals surface area contributed by atoms with E-state index < -0.39 is 0 Å². The van der Waals surface area contributed by atoms with E-state index in [0.717, 1.165) is 34.1 Å². The minimum absolute atomic E-state index is 0.0316. The molecule has 7 nitrogen and oxygen atoms in total. The standard InChI is InChI=1S/C25H23N5O2S/c1-17-9-10-19(16-21(17)27-22(31)18-6-3-2-4-7-18)24(32)29-12-14-30(15-13-29)25-28-20-8-5-11-26-23(20)33-25/h2-11,16H,12-15H2,1H3,(H,27,31). The van der Waals surface area contributed by atoms with Crippen molar-refractivity contribution >= 4 is 44.3 Å². The van der Waals surface area contributed by atoms with Gasteiger partial charge in [0.05, 0.1) is 0 Å². The number of thiazole rings is 1. The molecule has 33 heavy (non-hydrogen) atoms. The Kier molecular flexibility index (Phi) is 5.75. The maximum absolute atomic E-state index is 13.2. The Morgan fingerprint density at radius 1 is 0.939 bits per heavy atom. The summed E-state index contributed by atoms with van der Waals surface area (Å²) in [5.74, 6) is -0.224. The van der Waals surface area contributed by atoms with Crippen LogP contribution in [0.5, 0.6) is 0 Å². The van der Waals surface area contributed by atoms with Crippen molar-refractivity contribution in [1.82, 2.24) is 14.9 Å². The highest BCUT2D eigenvalue weighted by Crippen LogP contribution is 2.28. The number of nitrogens with zero attached hydrogens (tertiary/aromatic N) is 4. The van der Waals surface area contributed by atoms with Gasteiger partial charge >= 0.3 is 0 Å². The molecule has 0 atom stereocenters. The fourth-order valence-corrected chi connectivity index (χ4v) is 4.81. The topological polar surface area (TPSA) is 78.4 Å². The third-order valence-corrected chi connectivity index (χ3v) is 6.80. The Bertz CT molecular complexity index is 1280. The van der Waals surface area contributed by atoms with Crippen LogP contribution in [-0.2, 0) is 0 Å². The molecule has 4 aromatic rings. The molecule has 1 saturated heterocycles. The summed E-state index contributed by atoms with van der Waals surface area (Å²) >= 11 is 1.58. The van der Waals surface area contributed by atoms with E-state index in [1.54, 1.807) is 35.7 Å². The van der Waals surface area contributed by atoms with Crippen LogP contribution < -0.4 is 10.2 Å². The normalized spacial score (nSPS) is 13.8. The van der Waals surface area contributed by atoms with Crippen LogP contribution in [0.1, 0.15) is 26.3 Å². The Morgan fingerprint density at radius 3 is 2.48 bits per heavy atom. The van der Waals surface area contributed by atoms with E-state index in [-0.39, 0.29) is 11.8 Å². The molecule has 2 aromatic heterocycles. The van der Waals surface area contributed by atoms with Crippen LogP contribution in [0.4, 0.5) is 10.8 Å². The van der Waals surface area contributed by atoms with Crippen molar-refractivity contribution in [3.05, 3.63) is 83.6 Å². The number of hydrogen-bond donors (Lipinski definition) is 1. The summed E-state index contributed by atoms with van der Waals surface area (Å²) < 4.78 is 0. The number of amides is 2. The maximum atomic E-state index is 13.2. The zero-order valence-corrected chi connectivity index (χ0v) is 19.0. The first kappa shape index (κ1) is 21.1. The molecular formula is C25H23N5O2S. The van der Waals surface area contributed by atoms with Gasteiger partial charge in [0, 0.05) is 49.2 Å². The number of nitrogens with one attached hydrogen (secondary N) is 1. The molecular weight excluding hydrogens is 434 g/mol. The quantitative estimate of drug-likeness (QED) is 0.497. The Balaban J connectivity index is 1.26. The van der Waals surface area contributed by atoms with E-state index in [4.69, 9.17) is 0 Å². The van der Waals surface area contributed by atoms with Gasteiger partial charge in [-0.15, -0.1) is 0 Å². The lowest BCUT2D eigenvalue weighted by atomic mass is 10.1. The number of carbonyl (C=O) groups excluding carboxylic acids is 2. The lowest BCUT2D eigenvalue weighted by molar-refractivity contribution is 0.0746.